The normalized spacial score (nSPS) is 47.6. The van der Waals surface area contributed by atoms with Crippen LogP contribution in [0.1, 0.15) is 44.9 Å². The van der Waals surface area contributed by atoms with Gasteiger partial charge in [0.1, 0.15) is 0 Å². The van der Waals surface area contributed by atoms with Crippen molar-refractivity contribution in [2.24, 2.45) is 23.7 Å². The Labute approximate surface area is 105 Å². The molecule has 5 fully saturated rings. The van der Waals surface area contributed by atoms with E-state index in [2.05, 4.69) is 10.6 Å². The first-order valence-electron chi connectivity index (χ1n) is 7.85. The van der Waals surface area contributed by atoms with Crippen molar-refractivity contribution >= 4 is 0 Å². The molecule has 0 amide bonds. The Morgan fingerprint density at radius 1 is 0.706 bits per heavy atom. The van der Waals surface area contributed by atoms with Crippen molar-refractivity contribution in [3.63, 3.8) is 0 Å². The maximum Gasteiger partial charge on any atom is 0.0124 e. The fourth-order valence-corrected chi connectivity index (χ4v) is 5.06. The molecule has 0 aromatic rings. The zero-order valence-corrected chi connectivity index (χ0v) is 10.8. The number of nitrogens with one attached hydrogen (secondary N) is 2. The third-order valence-electron chi connectivity index (χ3n) is 5.74. The summed E-state index contributed by atoms with van der Waals surface area (Å²) < 4.78 is 0. The Hall–Kier alpha value is -0.0800. The van der Waals surface area contributed by atoms with Crippen LogP contribution in [0, 0.1) is 23.7 Å². The molecule has 17 heavy (non-hydrogen) atoms. The molecule has 0 atom stereocenters. The maximum absolute atomic E-state index is 3.89. The molecule has 2 N–H and O–H groups in total. The van der Waals surface area contributed by atoms with E-state index in [0.29, 0.717) is 0 Å². The first-order chi connectivity index (χ1) is 8.38. The van der Waals surface area contributed by atoms with Gasteiger partial charge in [-0.25, -0.2) is 0 Å². The van der Waals surface area contributed by atoms with Gasteiger partial charge in [-0.2, -0.15) is 0 Å². The molecule has 5 rings (SSSR count). The maximum atomic E-state index is 3.89. The average molecular weight is 234 g/mol. The van der Waals surface area contributed by atoms with Crippen LogP contribution in [0.4, 0.5) is 0 Å². The minimum atomic E-state index is 0.871. The molecule has 0 aromatic heterocycles. The van der Waals surface area contributed by atoms with Crippen molar-refractivity contribution in [3.8, 4) is 0 Å². The summed E-state index contributed by atoms with van der Waals surface area (Å²) in [5, 5.41) is 7.50. The highest BCUT2D eigenvalue weighted by molar-refractivity contribution is 5.01. The summed E-state index contributed by atoms with van der Waals surface area (Å²) in [6, 6.07) is 1.75. The van der Waals surface area contributed by atoms with E-state index >= 15 is 0 Å². The van der Waals surface area contributed by atoms with Crippen molar-refractivity contribution in [1.29, 1.82) is 0 Å². The Balaban J connectivity index is 1.28. The Bertz CT molecular complexity index is 257. The predicted molar refractivity (Wildman–Crippen MR) is 69.9 cm³/mol. The second-order valence-corrected chi connectivity index (χ2v) is 7.14. The number of hydrogen-bond acceptors (Lipinski definition) is 2. The molecule has 0 aliphatic heterocycles. The third kappa shape index (κ3) is 2.15. The van der Waals surface area contributed by atoms with Crippen LogP contribution in [-0.2, 0) is 0 Å². The highest BCUT2D eigenvalue weighted by Gasteiger charge is 2.47. The van der Waals surface area contributed by atoms with Crippen molar-refractivity contribution in [2.75, 3.05) is 13.1 Å². The zero-order chi connectivity index (χ0) is 11.2. The number of rotatable bonds is 5. The van der Waals surface area contributed by atoms with E-state index in [1.807, 2.05) is 0 Å². The van der Waals surface area contributed by atoms with Crippen LogP contribution in [0.25, 0.3) is 0 Å². The van der Waals surface area contributed by atoms with Gasteiger partial charge in [0, 0.05) is 25.2 Å². The van der Waals surface area contributed by atoms with Gasteiger partial charge < -0.3 is 10.6 Å². The van der Waals surface area contributed by atoms with Gasteiger partial charge in [-0.05, 0) is 68.6 Å². The van der Waals surface area contributed by atoms with Crippen LogP contribution in [0.3, 0.4) is 0 Å². The Morgan fingerprint density at radius 2 is 1.29 bits per heavy atom. The van der Waals surface area contributed by atoms with Gasteiger partial charge >= 0.3 is 0 Å². The van der Waals surface area contributed by atoms with E-state index in [1.165, 1.54) is 25.9 Å². The van der Waals surface area contributed by atoms with Gasteiger partial charge in [0.2, 0.25) is 0 Å². The fraction of sp³-hybridized carbons (Fsp3) is 1.00. The average Bonchev–Trinajstić information content (AvgIpc) is 3.10. The van der Waals surface area contributed by atoms with Gasteiger partial charge in [-0.15, -0.1) is 0 Å². The van der Waals surface area contributed by atoms with Crippen LogP contribution < -0.4 is 10.6 Å². The highest BCUT2D eigenvalue weighted by atomic mass is 15.0. The van der Waals surface area contributed by atoms with Gasteiger partial charge in [0.25, 0.3) is 0 Å². The predicted octanol–water partition coefficient (Wildman–Crippen LogP) is 2.15. The second kappa shape index (κ2) is 4.24. The summed E-state index contributed by atoms with van der Waals surface area (Å²) in [6.07, 6.45) is 10.6. The van der Waals surface area contributed by atoms with Gasteiger partial charge in [-0.3, -0.25) is 0 Å². The smallest absolute Gasteiger partial charge is 0.0124 e. The lowest BCUT2D eigenvalue weighted by atomic mass is 9.54. The molecule has 2 heteroatoms. The van der Waals surface area contributed by atoms with Crippen LogP contribution in [0.5, 0.6) is 0 Å². The summed E-state index contributed by atoms with van der Waals surface area (Å²) >= 11 is 0. The lowest BCUT2D eigenvalue weighted by Crippen LogP contribution is -2.55. The van der Waals surface area contributed by atoms with E-state index < -0.39 is 0 Å². The zero-order valence-electron chi connectivity index (χ0n) is 10.8. The molecule has 0 aromatic carbocycles. The molecule has 5 aliphatic carbocycles. The number of hydrogen-bond donors (Lipinski definition) is 2. The van der Waals surface area contributed by atoms with Crippen molar-refractivity contribution in [1.82, 2.24) is 10.6 Å². The molecule has 96 valence electrons. The molecule has 5 saturated carbocycles. The van der Waals surface area contributed by atoms with E-state index in [1.54, 1.807) is 32.1 Å². The fourth-order valence-electron chi connectivity index (χ4n) is 5.06. The standard InChI is InChI=1S/C15H26N2/c1-2-14(1)16-3-4-17-15-12-6-10-5-11(8-12)9-13(15)7-10/h10-17H,1-9H2. The topological polar surface area (TPSA) is 24.1 Å². The minimum absolute atomic E-state index is 0.871. The SMILES string of the molecule is C(CNC1C2CC3CC(C2)CC1C3)NC1CC1. The van der Waals surface area contributed by atoms with E-state index in [-0.39, 0.29) is 0 Å². The first-order valence-corrected chi connectivity index (χ1v) is 7.85. The van der Waals surface area contributed by atoms with Crippen LogP contribution in [0.2, 0.25) is 0 Å². The lowest BCUT2D eigenvalue weighted by molar-refractivity contribution is -0.0133. The summed E-state index contributed by atoms with van der Waals surface area (Å²) in [5.74, 6) is 4.29. The van der Waals surface area contributed by atoms with Crippen molar-refractivity contribution < 1.29 is 0 Å². The summed E-state index contributed by atoms with van der Waals surface area (Å²) in [7, 11) is 0. The largest absolute Gasteiger partial charge is 0.313 e. The summed E-state index contributed by atoms with van der Waals surface area (Å²) in [5.41, 5.74) is 0. The molecular formula is C15H26N2. The second-order valence-electron chi connectivity index (χ2n) is 7.14. The molecule has 4 bridgehead atoms. The molecule has 0 unspecified atom stereocenters. The van der Waals surface area contributed by atoms with E-state index in [4.69, 9.17) is 0 Å². The molecule has 2 nitrogen and oxygen atoms in total. The molecule has 0 radical (unpaired) electrons. The summed E-state index contributed by atoms with van der Waals surface area (Å²) in [4.78, 5) is 0. The molecule has 5 aliphatic rings. The Morgan fingerprint density at radius 3 is 1.88 bits per heavy atom. The van der Waals surface area contributed by atoms with Gasteiger partial charge in [0.05, 0.1) is 0 Å². The lowest BCUT2D eigenvalue weighted by Gasteiger charge is -2.54. The van der Waals surface area contributed by atoms with Crippen LogP contribution >= 0.6 is 0 Å². The van der Waals surface area contributed by atoms with Gasteiger partial charge in [0.15, 0.2) is 0 Å². The third-order valence-corrected chi connectivity index (χ3v) is 5.74. The Kier molecular flexibility index (Phi) is 2.69. The molecule has 0 spiro atoms. The highest BCUT2D eigenvalue weighted by Crippen LogP contribution is 2.53. The van der Waals surface area contributed by atoms with E-state index in [9.17, 15) is 0 Å². The van der Waals surface area contributed by atoms with Crippen LogP contribution in [-0.4, -0.2) is 25.2 Å². The summed E-state index contributed by atoms with van der Waals surface area (Å²) in [6.45, 7) is 2.39. The molecule has 0 heterocycles. The van der Waals surface area contributed by atoms with Gasteiger partial charge in [-0.1, -0.05) is 0 Å². The minimum Gasteiger partial charge on any atom is -0.313 e. The van der Waals surface area contributed by atoms with Crippen molar-refractivity contribution in [3.05, 3.63) is 0 Å². The van der Waals surface area contributed by atoms with E-state index in [0.717, 1.165) is 35.8 Å². The molecule has 0 saturated heterocycles. The molecular weight excluding hydrogens is 208 g/mol. The quantitative estimate of drug-likeness (QED) is 0.712. The first kappa shape index (κ1) is 10.8. The van der Waals surface area contributed by atoms with Crippen LogP contribution in [0.15, 0.2) is 0 Å². The van der Waals surface area contributed by atoms with Crippen molar-refractivity contribution in [2.45, 2.75) is 57.0 Å². The monoisotopic (exact) mass is 234 g/mol.